The Bertz CT molecular complexity index is 1270. The van der Waals surface area contributed by atoms with Crippen LogP contribution in [0.5, 0.6) is 5.75 Å². The molecule has 178 valence electrons. The van der Waals surface area contributed by atoms with Crippen LogP contribution in [0.15, 0.2) is 50.7 Å². The van der Waals surface area contributed by atoms with Gasteiger partial charge in [0.25, 0.3) is 11.8 Å². The Morgan fingerprint density at radius 3 is 2.15 bits per heavy atom. The van der Waals surface area contributed by atoms with Crippen molar-refractivity contribution in [2.75, 3.05) is 5.73 Å². The summed E-state index contributed by atoms with van der Waals surface area (Å²) < 4.78 is 109. The summed E-state index contributed by atoms with van der Waals surface area (Å²) in [6.07, 6.45) is -9.31. The summed E-state index contributed by atoms with van der Waals surface area (Å²) in [5, 5.41) is 16.1. The molecule has 0 spiro atoms. The molecular weight excluding hydrogens is 486 g/mol. The van der Waals surface area contributed by atoms with E-state index in [4.69, 9.17) is 10.2 Å². The number of nitrogens with zero attached hydrogens (tertiary/aromatic N) is 3. The van der Waals surface area contributed by atoms with E-state index in [1.165, 1.54) is 0 Å². The third-order valence-electron chi connectivity index (χ3n) is 4.17. The summed E-state index contributed by atoms with van der Waals surface area (Å²) in [6.45, 7) is 0.391. The van der Waals surface area contributed by atoms with E-state index < -0.39 is 55.3 Å². The number of aliphatic hydroxyl groups is 1. The number of anilines is 1. The molecule has 0 bridgehead atoms. The van der Waals surface area contributed by atoms with Crippen molar-refractivity contribution >= 4 is 15.5 Å². The highest BCUT2D eigenvalue weighted by Gasteiger charge is 2.55. The number of ether oxygens (including phenoxy) is 1. The van der Waals surface area contributed by atoms with Gasteiger partial charge in [-0.1, -0.05) is 0 Å². The van der Waals surface area contributed by atoms with Crippen LogP contribution < -0.4 is 10.5 Å². The van der Waals surface area contributed by atoms with Crippen LogP contribution in [0.1, 0.15) is 12.8 Å². The Labute approximate surface area is 180 Å². The van der Waals surface area contributed by atoms with E-state index in [0.29, 0.717) is 6.92 Å². The van der Waals surface area contributed by atoms with Gasteiger partial charge in [-0.25, -0.2) is 13.4 Å². The van der Waals surface area contributed by atoms with Gasteiger partial charge in [0.2, 0.25) is 15.4 Å². The summed E-state index contributed by atoms with van der Waals surface area (Å²) >= 11 is 0. The monoisotopic (exact) mass is 498 g/mol. The molecule has 0 aliphatic rings. The molecule has 0 saturated carbocycles. The zero-order chi connectivity index (χ0) is 24.8. The second kappa shape index (κ2) is 7.87. The number of halogens is 6. The molecule has 0 fully saturated rings. The van der Waals surface area contributed by atoms with Gasteiger partial charge < -0.3 is 20.0 Å². The van der Waals surface area contributed by atoms with E-state index in [-0.39, 0.29) is 11.4 Å². The lowest BCUT2D eigenvalue weighted by molar-refractivity contribution is -0.274. The predicted molar refractivity (Wildman–Crippen MR) is 96.1 cm³/mol. The van der Waals surface area contributed by atoms with Gasteiger partial charge in [-0.3, -0.25) is 0 Å². The second-order valence-electron chi connectivity index (χ2n) is 6.61. The number of hydrogen-bond acceptors (Lipinski definition) is 9. The van der Waals surface area contributed by atoms with Gasteiger partial charge >= 0.3 is 12.5 Å². The first kappa shape index (κ1) is 24.2. The van der Waals surface area contributed by atoms with Crippen molar-refractivity contribution in [1.82, 2.24) is 15.2 Å². The van der Waals surface area contributed by atoms with Gasteiger partial charge in [0, 0.05) is 6.20 Å². The van der Waals surface area contributed by atoms with Crippen molar-refractivity contribution in [3.8, 4) is 17.3 Å². The number of hydrogen-bond donors (Lipinski definition) is 2. The third kappa shape index (κ3) is 4.85. The van der Waals surface area contributed by atoms with Crippen LogP contribution in [0.25, 0.3) is 11.6 Å². The highest BCUT2D eigenvalue weighted by atomic mass is 32.2. The Morgan fingerprint density at radius 2 is 1.64 bits per heavy atom. The highest BCUT2D eigenvalue weighted by Crippen LogP contribution is 2.39. The average Bonchev–Trinajstić information content (AvgIpc) is 3.16. The number of benzene rings is 1. The minimum absolute atomic E-state index is 0.361. The highest BCUT2D eigenvalue weighted by molar-refractivity contribution is 7.91. The van der Waals surface area contributed by atoms with Crippen molar-refractivity contribution in [2.24, 2.45) is 0 Å². The first-order valence-electron chi connectivity index (χ1n) is 8.52. The molecule has 9 nitrogen and oxygen atoms in total. The maximum Gasteiger partial charge on any atom is 0.573 e. The number of aromatic nitrogens is 3. The molecule has 1 atom stereocenters. The maximum absolute atomic E-state index is 12.9. The Balaban J connectivity index is 1.91. The smallest absolute Gasteiger partial charge is 0.416 e. The van der Waals surface area contributed by atoms with Crippen LogP contribution >= 0.6 is 0 Å². The lowest BCUT2D eigenvalue weighted by Gasteiger charge is -2.21. The zero-order valence-electron chi connectivity index (χ0n) is 16.1. The van der Waals surface area contributed by atoms with Crippen molar-refractivity contribution in [3.63, 3.8) is 0 Å². The summed E-state index contributed by atoms with van der Waals surface area (Å²) in [7, 11) is -4.29. The van der Waals surface area contributed by atoms with E-state index in [9.17, 15) is 39.9 Å². The van der Waals surface area contributed by atoms with Gasteiger partial charge in [0.05, 0.1) is 15.5 Å². The maximum atomic E-state index is 12.9. The number of sulfone groups is 1. The van der Waals surface area contributed by atoms with E-state index in [1.807, 2.05) is 0 Å². The molecule has 3 aromatic rings. The minimum atomic E-state index is -5.13. The van der Waals surface area contributed by atoms with Crippen molar-refractivity contribution < 1.29 is 49.0 Å². The fraction of sp³-hybridized carbons (Fsp3) is 0.235. The van der Waals surface area contributed by atoms with Gasteiger partial charge in [-0.05, 0) is 37.3 Å². The molecule has 3 rings (SSSR count). The molecule has 0 radical (unpaired) electrons. The standard InChI is InChI=1S/C17H12F6N4O5S/c1-15(28,16(18,19)20)14-27-26-13(31-14)12-11(24)6-10(7-25-12)33(29,30)9-4-2-8(3-5-9)32-17(21,22)23/h2-7,28H,24H2,1H3. The fourth-order valence-corrected chi connectivity index (χ4v) is 3.62. The quantitative estimate of drug-likeness (QED) is 0.507. The molecule has 1 unspecified atom stereocenters. The predicted octanol–water partition coefficient (Wildman–Crippen LogP) is 3.22. The molecule has 0 aliphatic heterocycles. The topological polar surface area (TPSA) is 141 Å². The van der Waals surface area contributed by atoms with Gasteiger partial charge in [-0.2, -0.15) is 13.2 Å². The number of rotatable bonds is 5. The third-order valence-corrected chi connectivity index (χ3v) is 5.90. The summed E-state index contributed by atoms with van der Waals surface area (Å²) in [4.78, 5) is 2.84. The van der Waals surface area contributed by atoms with Gasteiger partial charge in [0.15, 0.2) is 5.69 Å². The van der Waals surface area contributed by atoms with E-state index in [2.05, 4.69) is 19.9 Å². The van der Waals surface area contributed by atoms with Crippen LogP contribution in [-0.2, 0) is 15.4 Å². The minimum Gasteiger partial charge on any atom is -0.416 e. The first-order valence-corrected chi connectivity index (χ1v) is 10.0. The molecule has 2 heterocycles. The van der Waals surface area contributed by atoms with Gasteiger partial charge in [-0.15, -0.1) is 23.4 Å². The number of pyridine rings is 1. The average molecular weight is 498 g/mol. The van der Waals surface area contributed by atoms with Crippen LogP contribution in [0.3, 0.4) is 0 Å². The summed E-state index contributed by atoms with van der Waals surface area (Å²) in [6, 6.07) is 4.20. The van der Waals surface area contributed by atoms with Crippen molar-refractivity contribution in [1.29, 1.82) is 0 Å². The Kier molecular flexibility index (Phi) is 5.79. The summed E-state index contributed by atoms with van der Waals surface area (Å²) in [5.41, 5.74) is 1.54. The Hall–Kier alpha value is -3.40. The molecule has 33 heavy (non-hydrogen) atoms. The van der Waals surface area contributed by atoms with E-state index in [1.54, 1.807) is 0 Å². The van der Waals surface area contributed by atoms with Crippen molar-refractivity contribution in [3.05, 3.63) is 42.4 Å². The largest absolute Gasteiger partial charge is 0.573 e. The SMILES string of the molecule is CC(O)(c1nnc(-c2ncc(S(=O)(=O)c3ccc(OC(F)(F)F)cc3)cc2N)o1)C(F)(F)F. The van der Waals surface area contributed by atoms with Crippen molar-refractivity contribution in [2.45, 2.75) is 34.9 Å². The molecule has 3 N–H and O–H groups in total. The van der Waals surface area contributed by atoms with Crippen LogP contribution in [0, 0.1) is 0 Å². The molecule has 1 aromatic carbocycles. The van der Waals surface area contributed by atoms with Crippen LogP contribution in [-0.4, -0.2) is 41.2 Å². The summed E-state index contributed by atoms with van der Waals surface area (Å²) in [5.74, 6) is -2.45. The molecule has 0 aliphatic carbocycles. The number of alkyl halides is 6. The molecule has 0 amide bonds. The molecule has 16 heteroatoms. The first-order chi connectivity index (χ1) is 15.0. The second-order valence-corrected chi connectivity index (χ2v) is 8.56. The van der Waals surface area contributed by atoms with Crippen LogP contribution in [0.2, 0.25) is 0 Å². The van der Waals surface area contributed by atoms with E-state index in [0.717, 1.165) is 36.5 Å². The molecule has 2 aromatic heterocycles. The van der Waals surface area contributed by atoms with Gasteiger partial charge in [0.1, 0.15) is 5.75 Å². The lowest BCUT2D eigenvalue weighted by Crippen LogP contribution is -2.39. The Morgan fingerprint density at radius 1 is 1.03 bits per heavy atom. The number of nitrogens with two attached hydrogens (primary N) is 1. The fourth-order valence-electron chi connectivity index (χ4n) is 2.38. The number of nitrogen functional groups attached to an aromatic ring is 1. The molecule has 0 saturated heterocycles. The lowest BCUT2D eigenvalue weighted by atomic mass is 10.1. The molecular formula is C17H12F6N4O5S. The van der Waals surface area contributed by atoms with E-state index >= 15 is 0 Å². The van der Waals surface area contributed by atoms with Crippen LogP contribution in [0.4, 0.5) is 32.0 Å². The normalized spacial score (nSPS) is 14.7. The zero-order valence-corrected chi connectivity index (χ0v) is 17.0.